The number of fused-ring (bicyclic) bond motifs is 1. The molecule has 3 aromatic carbocycles. The number of halogens is 2. The molecule has 6 nitrogen and oxygen atoms in total. The second-order valence-corrected chi connectivity index (χ2v) is 10.9. The third-order valence-electron chi connectivity index (χ3n) is 7.32. The van der Waals surface area contributed by atoms with E-state index in [4.69, 9.17) is 33.2 Å². The van der Waals surface area contributed by atoms with Gasteiger partial charge in [-0.1, -0.05) is 65.7 Å². The van der Waals surface area contributed by atoms with Gasteiger partial charge in [-0.2, -0.15) is 0 Å². The first kappa shape index (κ1) is 26.7. The smallest absolute Gasteiger partial charge is 0.145 e. The first-order valence-electron chi connectivity index (χ1n) is 13.5. The fourth-order valence-corrected chi connectivity index (χ4v) is 5.54. The maximum absolute atomic E-state index is 6.21. The van der Waals surface area contributed by atoms with E-state index < -0.39 is 0 Å². The van der Waals surface area contributed by atoms with Gasteiger partial charge < -0.3 is 5.32 Å². The van der Waals surface area contributed by atoms with E-state index in [1.807, 2.05) is 66.9 Å². The van der Waals surface area contributed by atoms with E-state index in [-0.39, 0.29) is 6.04 Å². The van der Waals surface area contributed by atoms with Crippen LogP contribution >= 0.6 is 23.2 Å². The number of nitrogens with zero attached hydrogens (tertiary/aromatic N) is 5. The van der Waals surface area contributed by atoms with Gasteiger partial charge in [0.25, 0.3) is 0 Å². The van der Waals surface area contributed by atoms with Crippen LogP contribution in [0.25, 0.3) is 10.9 Å². The molecule has 40 heavy (non-hydrogen) atoms. The summed E-state index contributed by atoms with van der Waals surface area (Å²) >= 11 is 12.4. The standard InChI is InChI=1S/C32H30Cl2N6/c33-25-12-8-23(9-13-25)31(24-10-14-26(34)15-11-24)40-19-17-39(18-20-40)22-30-37-29-7-2-1-6-28(29)32(38-30)36-21-27-5-3-4-16-35-27/h1-16,31H,17-22H2,(H,36,37,38). The zero-order chi connectivity index (χ0) is 27.3. The lowest BCUT2D eigenvalue weighted by molar-refractivity contribution is 0.103. The first-order valence-corrected chi connectivity index (χ1v) is 14.2. The lowest BCUT2D eigenvalue weighted by Crippen LogP contribution is -2.47. The Labute approximate surface area is 244 Å². The largest absolute Gasteiger partial charge is 0.364 e. The minimum absolute atomic E-state index is 0.135. The number of anilines is 1. The number of piperazine rings is 1. The van der Waals surface area contributed by atoms with Gasteiger partial charge in [-0.05, 0) is 59.7 Å². The fraction of sp³-hybridized carbons (Fsp3) is 0.219. The Bertz CT molecular complexity index is 1510. The molecule has 202 valence electrons. The van der Waals surface area contributed by atoms with Crippen LogP contribution in [0.15, 0.2) is 97.2 Å². The van der Waals surface area contributed by atoms with Crippen molar-refractivity contribution in [2.45, 2.75) is 19.1 Å². The number of aromatic nitrogens is 3. The molecule has 0 bridgehead atoms. The number of pyridine rings is 1. The number of rotatable bonds is 8. The molecule has 0 atom stereocenters. The molecule has 5 aromatic rings. The maximum atomic E-state index is 6.21. The molecule has 8 heteroatoms. The molecule has 0 radical (unpaired) electrons. The minimum Gasteiger partial charge on any atom is -0.364 e. The van der Waals surface area contributed by atoms with Crippen molar-refractivity contribution in [1.82, 2.24) is 24.8 Å². The molecule has 0 amide bonds. The van der Waals surface area contributed by atoms with Gasteiger partial charge in [-0.25, -0.2) is 9.97 Å². The van der Waals surface area contributed by atoms with Crippen LogP contribution in [0.1, 0.15) is 28.7 Å². The van der Waals surface area contributed by atoms with Gasteiger partial charge in [-0.15, -0.1) is 0 Å². The van der Waals surface area contributed by atoms with Crippen molar-refractivity contribution in [2.24, 2.45) is 0 Å². The van der Waals surface area contributed by atoms with Gasteiger partial charge in [0.05, 0.1) is 30.3 Å². The summed E-state index contributed by atoms with van der Waals surface area (Å²) in [6.07, 6.45) is 1.81. The van der Waals surface area contributed by atoms with Crippen LogP contribution in [0.3, 0.4) is 0 Å². The Balaban J connectivity index is 1.17. The van der Waals surface area contributed by atoms with Crippen LogP contribution < -0.4 is 5.32 Å². The molecule has 1 N–H and O–H groups in total. The second-order valence-electron chi connectivity index (χ2n) is 10.00. The van der Waals surface area contributed by atoms with Gasteiger partial charge >= 0.3 is 0 Å². The first-order chi connectivity index (χ1) is 19.6. The van der Waals surface area contributed by atoms with Crippen LogP contribution in [-0.4, -0.2) is 50.9 Å². The average molecular weight is 570 g/mol. The summed E-state index contributed by atoms with van der Waals surface area (Å²) < 4.78 is 0. The van der Waals surface area contributed by atoms with Gasteiger partial charge in [0.1, 0.15) is 11.6 Å². The van der Waals surface area contributed by atoms with E-state index in [0.29, 0.717) is 13.1 Å². The fourth-order valence-electron chi connectivity index (χ4n) is 5.29. The maximum Gasteiger partial charge on any atom is 0.145 e. The Hall–Kier alpha value is -3.55. The number of benzene rings is 3. The van der Waals surface area contributed by atoms with Crippen LogP contribution in [-0.2, 0) is 13.1 Å². The van der Waals surface area contributed by atoms with E-state index in [2.05, 4.69) is 50.4 Å². The van der Waals surface area contributed by atoms with E-state index >= 15 is 0 Å². The number of hydrogen-bond acceptors (Lipinski definition) is 6. The average Bonchev–Trinajstić information content (AvgIpc) is 2.99. The predicted octanol–water partition coefficient (Wildman–Crippen LogP) is 6.85. The zero-order valence-corrected chi connectivity index (χ0v) is 23.6. The topological polar surface area (TPSA) is 57.2 Å². The normalized spacial score (nSPS) is 14.6. The van der Waals surface area contributed by atoms with E-state index in [9.17, 15) is 0 Å². The lowest BCUT2D eigenvalue weighted by atomic mass is 9.96. The Morgan fingerprint density at radius 1 is 0.725 bits per heavy atom. The monoisotopic (exact) mass is 568 g/mol. The van der Waals surface area contributed by atoms with Gasteiger partial charge in [0.2, 0.25) is 0 Å². The van der Waals surface area contributed by atoms with E-state index in [0.717, 1.165) is 64.5 Å². The Morgan fingerprint density at radius 2 is 1.38 bits per heavy atom. The van der Waals surface area contributed by atoms with Gasteiger partial charge in [0, 0.05) is 47.8 Å². The summed E-state index contributed by atoms with van der Waals surface area (Å²) in [5.74, 6) is 1.66. The van der Waals surface area contributed by atoms with Crippen molar-refractivity contribution in [3.8, 4) is 0 Å². The molecule has 0 aliphatic carbocycles. The Kier molecular flexibility index (Phi) is 8.21. The van der Waals surface area contributed by atoms with Crippen LogP contribution in [0, 0.1) is 0 Å². The van der Waals surface area contributed by atoms with Gasteiger partial charge in [0.15, 0.2) is 0 Å². The summed E-state index contributed by atoms with van der Waals surface area (Å²) in [4.78, 5) is 19.2. The molecule has 0 unspecified atom stereocenters. The SMILES string of the molecule is Clc1ccc(C(c2ccc(Cl)cc2)N2CCN(Cc3nc(NCc4ccccn4)c4ccccc4n3)CC2)cc1. The molecule has 1 aliphatic heterocycles. The molecule has 0 saturated carbocycles. The molecule has 1 aliphatic rings. The van der Waals surface area contributed by atoms with Crippen LogP contribution in [0.5, 0.6) is 0 Å². The third-order valence-corrected chi connectivity index (χ3v) is 7.83. The van der Waals surface area contributed by atoms with Crippen LogP contribution in [0.2, 0.25) is 10.0 Å². The number of hydrogen-bond donors (Lipinski definition) is 1. The molecule has 0 spiro atoms. The zero-order valence-electron chi connectivity index (χ0n) is 22.0. The molecule has 1 saturated heterocycles. The highest BCUT2D eigenvalue weighted by atomic mass is 35.5. The van der Waals surface area contributed by atoms with E-state index in [1.165, 1.54) is 11.1 Å². The van der Waals surface area contributed by atoms with Crippen molar-refractivity contribution in [1.29, 1.82) is 0 Å². The minimum atomic E-state index is 0.135. The summed E-state index contributed by atoms with van der Waals surface area (Å²) in [6, 6.07) is 30.6. The summed E-state index contributed by atoms with van der Waals surface area (Å²) in [5.41, 5.74) is 4.36. The highest BCUT2D eigenvalue weighted by Gasteiger charge is 2.27. The van der Waals surface area contributed by atoms with Crippen molar-refractivity contribution < 1.29 is 0 Å². The second kappa shape index (κ2) is 12.3. The Morgan fingerprint density at radius 3 is 2.02 bits per heavy atom. The van der Waals surface area contributed by atoms with Crippen molar-refractivity contribution in [3.63, 3.8) is 0 Å². The van der Waals surface area contributed by atoms with E-state index in [1.54, 1.807) is 0 Å². The molecule has 6 rings (SSSR count). The molecular weight excluding hydrogens is 539 g/mol. The molecular formula is C32H30Cl2N6. The summed E-state index contributed by atoms with van der Waals surface area (Å²) in [7, 11) is 0. The lowest BCUT2D eigenvalue weighted by Gasteiger charge is -2.39. The highest BCUT2D eigenvalue weighted by molar-refractivity contribution is 6.30. The van der Waals surface area contributed by atoms with Crippen molar-refractivity contribution >= 4 is 39.9 Å². The summed E-state index contributed by atoms with van der Waals surface area (Å²) in [6.45, 7) is 5.00. The predicted molar refractivity (Wildman–Crippen MR) is 163 cm³/mol. The molecule has 2 aromatic heterocycles. The number of nitrogens with one attached hydrogen (secondary N) is 1. The summed E-state index contributed by atoms with van der Waals surface area (Å²) in [5, 5.41) is 5.99. The van der Waals surface area contributed by atoms with Crippen molar-refractivity contribution in [3.05, 3.63) is 130 Å². The highest BCUT2D eigenvalue weighted by Crippen LogP contribution is 2.31. The number of para-hydroxylation sites is 1. The van der Waals surface area contributed by atoms with Gasteiger partial charge in [-0.3, -0.25) is 14.8 Å². The molecule has 1 fully saturated rings. The quantitative estimate of drug-likeness (QED) is 0.221. The third kappa shape index (κ3) is 6.26. The molecule has 3 heterocycles. The van der Waals surface area contributed by atoms with Crippen molar-refractivity contribution in [2.75, 3.05) is 31.5 Å². The van der Waals surface area contributed by atoms with Crippen LogP contribution in [0.4, 0.5) is 5.82 Å².